The van der Waals surface area contributed by atoms with Crippen LogP contribution in [0.1, 0.15) is 34.6 Å². The number of carbonyl (C=O) groups is 1. The Morgan fingerprint density at radius 1 is 1.16 bits per heavy atom. The zero-order valence-electron chi connectivity index (χ0n) is 13.6. The van der Waals surface area contributed by atoms with Crippen molar-refractivity contribution in [1.29, 1.82) is 0 Å². The van der Waals surface area contributed by atoms with E-state index in [9.17, 15) is 18.0 Å². The molecule has 1 aromatic carbocycles. The van der Waals surface area contributed by atoms with Gasteiger partial charge >= 0.3 is 6.18 Å². The lowest BCUT2D eigenvalue weighted by molar-refractivity contribution is -0.136. The number of halogens is 3. The van der Waals surface area contributed by atoms with E-state index in [2.05, 4.69) is 15.3 Å². The summed E-state index contributed by atoms with van der Waals surface area (Å²) in [6.07, 6.45) is -2.61. The van der Waals surface area contributed by atoms with Crippen LogP contribution in [0.15, 0.2) is 30.3 Å². The highest BCUT2D eigenvalue weighted by molar-refractivity contribution is 5.93. The van der Waals surface area contributed by atoms with Crippen LogP contribution in [-0.2, 0) is 6.18 Å². The van der Waals surface area contributed by atoms with Crippen LogP contribution in [0.5, 0.6) is 0 Å². The third-order valence-corrected chi connectivity index (χ3v) is 3.95. The van der Waals surface area contributed by atoms with Crippen LogP contribution < -0.4 is 5.32 Å². The molecule has 0 atom stereocenters. The molecule has 0 aliphatic carbocycles. The number of carbonyl (C=O) groups excluding carboxylic acids is 1. The highest BCUT2D eigenvalue weighted by Crippen LogP contribution is 2.35. The second kappa shape index (κ2) is 6.70. The third-order valence-electron chi connectivity index (χ3n) is 3.95. The molecule has 8 heteroatoms. The predicted molar refractivity (Wildman–Crippen MR) is 86.6 cm³/mol. The van der Waals surface area contributed by atoms with E-state index in [0.717, 1.165) is 18.9 Å². The van der Waals surface area contributed by atoms with E-state index in [1.807, 2.05) is 0 Å². The molecule has 2 aromatic rings. The van der Waals surface area contributed by atoms with Crippen molar-refractivity contribution in [2.24, 2.45) is 0 Å². The second-order valence-corrected chi connectivity index (χ2v) is 5.89. The van der Waals surface area contributed by atoms with Crippen LogP contribution in [0.25, 0.3) is 0 Å². The van der Waals surface area contributed by atoms with Gasteiger partial charge < -0.3 is 10.2 Å². The molecule has 0 unspecified atom stereocenters. The van der Waals surface area contributed by atoms with Crippen molar-refractivity contribution < 1.29 is 18.0 Å². The Kier molecular flexibility index (Phi) is 4.61. The summed E-state index contributed by atoms with van der Waals surface area (Å²) in [6.45, 7) is 3.01. The molecule has 0 bridgehead atoms. The first-order valence-electron chi connectivity index (χ1n) is 7.93. The molecule has 5 nitrogen and oxygen atoms in total. The lowest BCUT2D eigenvalue weighted by Gasteiger charge is -2.16. The van der Waals surface area contributed by atoms with Gasteiger partial charge in [0, 0.05) is 18.8 Å². The van der Waals surface area contributed by atoms with Gasteiger partial charge in [0.2, 0.25) is 5.95 Å². The zero-order chi connectivity index (χ0) is 18.0. The number of nitrogens with one attached hydrogen (secondary N) is 1. The first kappa shape index (κ1) is 17.2. The maximum Gasteiger partial charge on any atom is 0.418 e. The number of likely N-dealkylation sites (tertiary alicyclic amines) is 1. The van der Waals surface area contributed by atoms with E-state index in [1.165, 1.54) is 18.2 Å². The van der Waals surface area contributed by atoms with Gasteiger partial charge in [-0.3, -0.25) is 4.79 Å². The van der Waals surface area contributed by atoms with Gasteiger partial charge in [0.1, 0.15) is 5.69 Å². The minimum Gasteiger partial charge on any atom is -0.337 e. The molecule has 0 spiro atoms. The Bertz CT molecular complexity index is 786. The van der Waals surface area contributed by atoms with Gasteiger partial charge in [0.25, 0.3) is 5.91 Å². The first-order chi connectivity index (χ1) is 11.8. The van der Waals surface area contributed by atoms with E-state index < -0.39 is 11.7 Å². The van der Waals surface area contributed by atoms with Gasteiger partial charge in [0.15, 0.2) is 0 Å². The smallest absolute Gasteiger partial charge is 0.337 e. The molecule has 1 aliphatic heterocycles. The summed E-state index contributed by atoms with van der Waals surface area (Å²) < 4.78 is 39.3. The van der Waals surface area contributed by atoms with Crippen LogP contribution in [0, 0.1) is 6.92 Å². The molecule has 1 fully saturated rings. The monoisotopic (exact) mass is 350 g/mol. The average molecular weight is 350 g/mol. The van der Waals surface area contributed by atoms with Crippen molar-refractivity contribution in [3.63, 3.8) is 0 Å². The quantitative estimate of drug-likeness (QED) is 0.915. The van der Waals surface area contributed by atoms with E-state index in [-0.39, 0.29) is 23.2 Å². The summed E-state index contributed by atoms with van der Waals surface area (Å²) in [5, 5.41) is 2.59. The molecule has 1 saturated heterocycles. The van der Waals surface area contributed by atoms with Crippen molar-refractivity contribution in [3.05, 3.63) is 47.3 Å². The highest BCUT2D eigenvalue weighted by Gasteiger charge is 2.33. The normalized spacial score (nSPS) is 14.6. The molecule has 3 rings (SSSR count). The second-order valence-electron chi connectivity index (χ2n) is 5.89. The fraction of sp³-hybridized carbons (Fsp3) is 0.353. The summed E-state index contributed by atoms with van der Waals surface area (Å²) in [5.74, 6) is -0.255. The van der Waals surface area contributed by atoms with Crippen LogP contribution in [0.2, 0.25) is 0 Å². The molecule has 0 saturated carbocycles. The minimum atomic E-state index is -4.50. The molecule has 2 heterocycles. The van der Waals surface area contributed by atoms with E-state index in [0.29, 0.717) is 18.8 Å². The maximum atomic E-state index is 13.1. The molecule has 1 amide bonds. The summed E-state index contributed by atoms with van der Waals surface area (Å²) in [5.41, 5.74) is -0.279. The summed E-state index contributed by atoms with van der Waals surface area (Å²) >= 11 is 0. The van der Waals surface area contributed by atoms with Crippen molar-refractivity contribution in [2.75, 3.05) is 18.4 Å². The molecular formula is C17H17F3N4O. The van der Waals surface area contributed by atoms with Crippen LogP contribution in [0.3, 0.4) is 0 Å². The number of aryl methyl sites for hydroxylation is 1. The van der Waals surface area contributed by atoms with Crippen molar-refractivity contribution in [2.45, 2.75) is 25.9 Å². The van der Waals surface area contributed by atoms with Crippen molar-refractivity contribution in [1.82, 2.24) is 14.9 Å². The van der Waals surface area contributed by atoms with Crippen molar-refractivity contribution in [3.8, 4) is 0 Å². The Labute approximate surface area is 142 Å². The first-order valence-corrected chi connectivity index (χ1v) is 7.93. The van der Waals surface area contributed by atoms with Crippen LogP contribution >= 0.6 is 0 Å². The molecule has 25 heavy (non-hydrogen) atoms. The topological polar surface area (TPSA) is 58.1 Å². The molecule has 0 radical (unpaired) electrons. The number of benzene rings is 1. The predicted octanol–water partition coefficient (Wildman–Crippen LogP) is 3.78. The van der Waals surface area contributed by atoms with Gasteiger partial charge in [-0.25, -0.2) is 9.97 Å². The Morgan fingerprint density at radius 2 is 1.84 bits per heavy atom. The number of rotatable bonds is 3. The maximum absolute atomic E-state index is 13.1. The molecular weight excluding hydrogens is 333 g/mol. The number of hydrogen-bond donors (Lipinski definition) is 1. The van der Waals surface area contributed by atoms with Crippen molar-refractivity contribution >= 4 is 17.5 Å². The lowest BCUT2D eigenvalue weighted by atomic mass is 10.1. The fourth-order valence-corrected chi connectivity index (χ4v) is 2.78. The number of alkyl halides is 3. The molecule has 1 aromatic heterocycles. The Morgan fingerprint density at radius 3 is 2.52 bits per heavy atom. The number of nitrogens with zero attached hydrogens (tertiary/aromatic N) is 3. The summed E-state index contributed by atoms with van der Waals surface area (Å²) in [6, 6.07) is 6.63. The van der Waals surface area contributed by atoms with E-state index in [4.69, 9.17) is 0 Å². The Hall–Kier alpha value is -2.64. The summed E-state index contributed by atoms with van der Waals surface area (Å²) in [7, 11) is 0. The lowest BCUT2D eigenvalue weighted by Crippen LogP contribution is -2.28. The standard InChI is InChI=1S/C17H17F3N4O/c1-11-10-14(15(25)24-8-4-5-9-24)23-16(21-11)22-13-7-3-2-6-12(13)17(18,19)20/h2-3,6-7,10H,4-5,8-9H2,1H3,(H,21,22,23). The number of amides is 1. The fourth-order valence-electron chi connectivity index (χ4n) is 2.78. The number of anilines is 2. The number of hydrogen-bond acceptors (Lipinski definition) is 4. The molecule has 1 N–H and O–H groups in total. The van der Waals surface area contributed by atoms with Gasteiger partial charge in [-0.15, -0.1) is 0 Å². The SMILES string of the molecule is Cc1cc(C(=O)N2CCCC2)nc(Nc2ccccc2C(F)(F)F)n1. The highest BCUT2D eigenvalue weighted by atomic mass is 19.4. The van der Waals surface area contributed by atoms with E-state index >= 15 is 0 Å². The van der Waals surface area contributed by atoms with Gasteiger partial charge in [-0.1, -0.05) is 12.1 Å². The molecule has 132 valence electrons. The van der Waals surface area contributed by atoms with Crippen LogP contribution in [0.4, 0.5) is 24.8 Å². The largest absolute Gasteiger partial charge is 0.418 e. The number of para-hydroxylation sites is 1. The van der Waals surface area contributed by atoms with E-state index in [1.54, 1.807) is 17.9 Å². The van der Waals surface area contributed by atoms with Gasteiger partial charge in [-0.05, 0) is 38.0 Å². The van der Waals surface area contributed by atoms with Crippen LogP contribution in [-0.4, -0.2) is 33.9 Å². The molecule has 1 aliphatic rings. The minimum absolute atomic E-state index is 0.0285. The van der Waals surface area contributed by atoms with Gasteiger partial charge in [-0.2, -0.15) is 13.2 Å². The zero-order valence-corrected chi connectivity index (χ0v) is 13.6. The number of aromatic nitrogens is 2. The third kappa shape index (κ3) is 3.89. The Balaban J connectivity index is 1.90. The van der Waals surface area contributed by atoms with Gasteiger partial charge in [0.05, 0.1) is 11.3 Å². The summed E-state index contributed by atoms with van der Waals surface area (Å²) in [4.78, 5) is 22.4. The average Bonchev–Trinajstić information content (AvgIpc) is 3.07.